The van der Waals surface area contributed by atoms with Gasteiger partial charge in [-0.05, 0) is 12.1 Å². The third-order valence-electron chi connectivity index (χ3n) is 1.93. The van der Waals surface area contributed by atoms with Crippen LogP contribution in [0.25, 0.3) is 6.08 Å². The second kappa shape index (κ2) is 2.90. The summed E-state index contributed by atoms with van der Waals surface area (Å²) in [5, 5.41) is 0. The molecule has 0 aromatic heterocycles. The Balaban J connectivity index is 2.55. The minimum Gasteiger partial charge on any atom is -0.428 e. The van der Waals surface area contributed by atoms with Crippen LogP contribution in [-0.4, -0.2) is 12.4 Å². The molecular formula is C10H6F2O2. The van der Waals surface area contributed by atoms with Crippen LogP contribution in [0.15, 0.2) is 29.8 Å². The van der Waals surface area contributed by atoms with Crippen molar-refractivity contribution < 1.29 is 18.3 Å². The third kappa shape index (κ3) is 1.28. The molecule has 0 radical (unpaired) electrons. The number of aldehydes is 1. The molecule has 1 aliphatic rings. The molecule has 1 aromatic carbocycles. The third-order valence-corrected chi connectivity index (χ3v) is 1.93. The van der Waals surface area contributed by atoms with Crippen LogP contribution in [0.3, 0.4) is 0 Å². The molecule has 0 bridgehead atoms. The maximum Gasteiger partial charge on any atom is 0.429 e. The molecule has 0 amide bonds. The summed E-state index contributed by atoms with van der Waals surface area (Å²) in [6.45, 7) is 0. The molecule has 0 saturated heterocycles. The molecule has 2 nitrogen and oxygen atoms in total. The number of hydrogen-bond donors (Lipinski definition) is 0. The largest absolute Gasteiger partial charge is 0.429 e. The molecule has 0 spiro atoms. The Morgan fingerprint density at radius 3 is 2.71 bits per heavy atom. The first-order valence-corrected chi connectivity index (χ1v) is 3.97. The summed E-state index contributed by atoms with van der Waals surface area (Å²) in [6, 6.07) is 6.31. The van der Waals surface area contributed by atoms with Crippen molar-refractivity contribution in [2.75, 3.05) is 0 Å². The van der Waals surface area contributed by atoms with Crippen LogP contribution in [0.5, 0.6) is 5.75 Å². The van der Waals surface area contributed by atoms with Gasteiger partial charge in [0.15, 0.2) is 6.29 Å². The van der Waals surface area contributed by atoms with E-state index in [2.05, 4.69) is 4.74 Å². The first-order valence-electron chi connectivity index (χ1n) is 3.97. The van der Waals surface area contributed by atoms with Gasteiger partial charge < -0.3 is 4.74 Å². The van der Waals surface area contributed by atoms with Gasteiger partial charge in [0.2, 0.25) is 0 Å². The average molecular weight is 196 g/mol. The zero-order valence-electron chi connectivity index (χ0n) is 7.04. The molecule has 0 aliphatic carbocycles. The Morgan fingerprint density at radius 1 is 1.29 bits per heavy atom. The van der Waals surface area contributed by atoms with Crippen LogP contribution in [0.1, 0.15) is 5.56 Å². The Kier molecular flexibility index (Phi) is 1.84. The fraction of sp³-hybridized carbons (Fsp3) is 0.100. The maximum absolute atomic E-state index is 13.0. The number of halogens is 2. The number of ether oxygens (including phenoxy) is 1. The van der Waals surface area contributed by atoms with Crippen molar-refractivity contribution in [3.05, 3.63) is 35.4 Å². The minimum atomic E-state index is -3.52. The second-order valence-electron chi connectivity index (χ2n) is 2.87. The smallest absolute Gasteiger partial charge is 0.428 e. The number of benzene rings is 1. The number of para-hydroxylation sites is 1. The SMILES string of the molecule is O=CC1=Cc2ccccc2OC1(F)F. The molecule has 0 unspecified atom stereocenters. The zero-order chi connectivity index (χ0) is 10.2. The van der Waals surface area contributed by atoms with Crippen molar-refractivity contribution in [2.45, 2.75) is 6.11 Å². The van der Waals surface area contributed by atoms with Gasteiger partial charge in [-0.3, -0.25) is 4.79 Å². The van der Waals surface area contributed by atoms with Crippen molar-refractivity contribution in [2.24, 2.45) is 0 Å². The number of alkyl halides is 2. The van der Waals surface area contributed by atoms with Crippen LogP contribution in [-0.2, 0) is 4.79 Å². The summed E-state index contributed by atoms with van der Waals surface area (Å²) in [5.41, 5.74) is -0.170. The summed E-state index contributed by atoms with van der Waals surface area (Å²) >= 11 is 0. The molecule has 2 rings (SSSR count). The zero-order valence-corrected chi connectivity index (χ0v) is 7.04. The Hall–Kier alpha value is -1.71. The highest BCUT2D eigenvalue weighted by molar-refractivity contribution is 5.85. The standard InChI is InChI=1S/C10H6F2O2/c11-10(12)8(6-13)5-7-3-1-2-4-9(7)14-10/h1-6H. The van der Waals surface area contributed by atoms with E-state index in [-0.39, 0.29) is 12.0 Å². The maximum atomic E-state index is 13.0. The van der Waals surface area contributed by atoms with E-state index < -0.39 is 11.7 Å². The van der Waals surface area contributed by atoms with Crippen molar-refractivity contribution in [1.82, 2.24) is 0 Å². The Labute approximate surface area is 78.8 Å². The quantitative estimate of drug-likeness (QED) is 0.644. The normalized spacial score (nSPS) is 17.7. The minimum absolute atomic E-state index is 0.0862. The number of carbonyl (C=O) groups excluding carboxylic acids is 1. The predicted molar refractivity (Wildman–Crippen MR) is 46.1 cm³/mol. The molecule has 4 heteroatoms. The first-order chi connectivity index (χ1) is 6.63. The topological polar surface area (TPSA) is 26.3 Å². The molecule has 1 aliphatic heterocycles. The first kappa shape index (κ1) is 8.87. The van der Waals surface area contributed by atoms with Crippen molar-refractivity contribution in [1.29, 1.82) is 0 Å². The molecule has 14 heavy (non-hydrogen) atoms. The van der Waals surface area contributed by atoms with Crippen LogP contribution in [0.2, 0.25) is 0 Å². The highest BCUT2D eigenvalue weighted by Crippen LogP contribution is 2.36. The second-order valence-corrected chi connectivity index (χ2v) is 2.87. The van der Waals surface area contributed by atoms with Gasteiger partial charge in [0, 0.05) is 5.56 Å². The lowest BCUT2D eigenvalue weighted by Crippen LogP contribution is -2.30. The van der Waals surface area contributed by atoms with E-state index in [9.17, 15) is 13.6 Å². The van der Waals surface area contributed by atoms with Gasteiger partial charge in [-0.15, -0.1) is 0 Å². The van der Waals surface area contributed by atoms with Crippen molar-refractivity contribution in [3.63, 3.8) is 0 Å². The summed E-state index contributed by atoms with van der Waals surface area (Å²) < 4.78 is 30.4. The fourth-order valence-electron chi connectivity index (χ4n) is 1.24. The van der Waals surface area contributed by atoms with Crippen LogP contribution in [0, 0.1) is 0 Å². The van der Waals surface area contributed by atoms with Gasteiger partial charge in [0.25, 0.3) is 0 Å². The van der Waals surface area contributed by atoms with Gasteiger partial charge in [0.05, 0.1) is 0 Å². The van der Waals surface area contributed by atoms with E-state index in [0.717, 1.165) is 6.08 Å². The molecule has 0 N–H and O–H groups in total. The molecule has 0 atom stereocenters. The van der Waals surface area contributed by atoms with Crippen molar-refractivity contribution in [3.8, 4) is 5.75 Å². The van der Waals surface area contributed by atoms with E-state index >= 15 is 0 Å². The molecule has 72 valence electrons. The van der Waals surface area contributed by atoms with Gasteiger partial charge in [-0.1, -0.05) is 18.2 Å². The van der Waals surface area contributed by atoms with Crippen molar-refractivity contribution >= 4 is 12.4 Å². The lowest BCUT2D eigenvalue weighted by Gasteiger charge is -2.23. The number of rotatable bonds is 1. The summed E-state index contributed by atoms with van der Waals surface area (Å²) in [7, 11) is 0. The molecular weight excluding hydrogens is 190 g/mol. The van der Waals surface area contributed by atoms with Crippen LogP contribution in [0.4, 0.5) is 8.78 Å². The predicted octanol–water partition coefficient (Wildman–Crippen LogP) is 2.25. The van der Waals surface area contributed by atoms with E-state index in [0.29, 0.717) is 5.56 Å². The van der Waals surface area contributed by atoms with E-state index in [1.807, 2.05) is 0 Å². The van der Waals surface area contributed by atoms with Gasteiger partial charge in [-0.25, -0.2) is 0 Å². The molecule has 1 heterocycles. The summed E-state index contributed by atoms with van der Waals surface area (Å²) in [5.74, 6) is 0.0862. The highest BCUT2D eigenvalue weighted by atomic mass is 19.3. The number of carbonyl (C=O) groups is 1. The van der Waals surface area contributed by atoms with E-state index in [4.69, 9.17) is 0 Å². The summed E-state index contributed by atoms with van der Waals surface area (Å²) in [6.07, 6.45) is -2.28. The molecule has 0 fully saturated rings. The van der Waals surface area contributed by atoms with Crippen LogP contribution >= 0.6 is 0 Å². The number of fused-ring (bicyclic) bond motifs is 1. The Morgan fingerprint density at radius 2 is 2.00 bits per heavy atom. The fourth-order valence-corrected chi connectivity index (χ4v) is 1.24. The monoisotopic (exact) mass is 196 g/mol. The van der Waals surface area contributed by atoms with E-state index in [1.165, 1.54) is 6.07 Å². The summed E-state index contributed by atoms with van der Waals surface area (Å²) in [4.78, 5) is 10.4. The lowest BCUT2D eigenvalue weighted by atomic mass is 10.1. The highest BCUT2D eigenvalue weighted by Gasteiger charge is 2.40. The van der Waals surface area contributed by atoms with Crippen LogP contribution < -0.4 is 4.74 Å². The molecule has 1 aromatic rings. The lowest BCUT2D eigenvalue weighted by molar-refractivity contribution is -0.148. The van der Waals surface area contributed by atoms with Gasteiger partial charge in [-0.2, -0.15) is 8.78 Å². The molecule has 0 saturated carbocycles. The average Bonchev–Trinajstić information content (AvgIpc) is 2.15. The Bertz CT molecular complexity index is 410. The van der Waals surface area contributed by atoms with E-state index in [1.54, 1.807) is 18.2 Å². The van der Waals surface area contributed by atoms with Gasteiger partial charge in [0.1, 0.15) is 11.3 Å². The van der Waals surface area contributed by atoms with Gasteiger partial charge >= 0.3 is 6.11 Å². The number of hydrogen-bond acceptors (Lipinski definition) is 2.